The number of piperazine rings is 1. The highest BCUT2D eigenvalue weighted by Gasteiger charge is 2.38. The third-order valence-electron chi connectivity index (χ3n) is 5.12. The van der Waals surface area contributed by atoms with Crippen LogP contribution in [0.25, 0.3) is 11.1 Å². The molecule has 2 aromatic carbocycles. The van der Waals surface area contributed by atoms with E-state index in [4.69, 9.17) is 9.47 Å². The molecule has 0 aromatic heterocycles. The topological polar surface area (TPSA) is 84.5 Å². The van der Waals surface area contributed by atoms with Crippen LogP contribution in [0.15, 0.2) is 36.4 Å². The lowest BCUT2D eigenvalue weighted by atomic mass is 10.0. The Hall–Kier alpha value is -3.06. The number of rotatable bonds is 1. The van der Waals surface area contributed by atoms with Crippen LogP contribution < -0.4 is 20.1 Å². The Balaban J connectivity index is 1.57. The van der Waals surface area contributed by atoms with Crippen LogP contribution in [-0.4, -0.2) is 49.2 Å². The molecule has 3 aliphatic rings. The van der Waals surface area contributed by atoms with E-state index in [9.17, 15) is 9.59 Å². The molecule has 2 aromatic rings. The molecule has 0 saturated carbocycles. The first-order chi connectivity index (χ1) is 12.7. The third-order valence-corrected chi connectivity index (χ3v) is 5.12. The van der Waals surface area contributed by atoms with Crippen LogP contribution in [0.3, 0.4) is 0 Å². The molecule has 1 fully saturated rings. The van der Waals surface area contributed by atoms with Gasteiger partial charge < -0.3 is 25.0 Å². The van der Waals surface area contributed by atoms with Crippen LogP contribution >= 0.6 is 0 Å². The number of fused-ring (bicyclic) bond motifs is 3. The molecule has 7 heteroatoms. The minimum atomic E-state index is -0.419. The molecule has 7 nitrogen and oxygen atoms in total. The predicted octanol–water partition coefficient (Wildman–Crippen LogP) is 0.422. The van der Waals surface area contributed by atoms with Crippen LogP contribution in [0, 0.1) is 0 Å². The van der Waals surface area contributed by atoms with Gasteiger partial charge in [-0.1, -0.05) is 12.1 Å². The van der Waals surface area contributed by atoms with Crippen molar-refractivity contribution in [2.45, 2.75) is 6.04 Å². The van der Waals surface area contributed by atoms with E-state index < -0.39 is 6.04 Å². The van der Waals surface area contributed by atoms with Gasteiger partial charge in [0.15, 0.2) is 17.5 Å². The summed E-state index contributed by atoms with van der Waals surface area (Å²) in [4.78, 5) is 27.2. The van der Waals surface area contributed by atoms with E-state index in [1.807, 2.05) is 30.3 Å². The molecule has 0 unspecified atom stereocenters. The molecule has 0 bridgehead atoms. The maximum atomic E-state index is 13.1. The number of carbonyl (C=O) groups is 2. The fourth-order valence-corrected chi connectivity index (χ4v) is 3.74. The number of hydrogen-bond donors (Lipinski definition) is 2. The van der Waals surface area contributed by atoms with E-state index in [1.165, 1.54) is 0 Å². The zero-order chi connectivity index (χ0) is 17.7. The Labute approximate surface area is 149 Å². The minimum absolute atomic E-state index is 0.0981. The molecule has 3 N–H and O–H groups in total. The number of nitrogens with two attached hydrogens (primary N) is 1. The van der Waals surface area contributed by atoms with Crippen molar-refractivity contribution in [1.82, 2.24) is 4.90 Å². The van der Waals surface area contributed by atoms with Crippen LogP contribution in [0.4, 0.5) is 5.69 Å². The van der Waals surface area contributed by atoms with Crippen LogP contribution in [0.1, 0.15) is 10.4 Å². The molecule has 3 heterocycles. The van der Waals surface area contributed by atoms with Crippen molar-refractivity contribution in [3.8, 4) is 22.6 Å². The Morgan fingerprint density at radius 3 is 2.77 bits per heavy atom. The standard InChI is InChI=1S/C19H17N3O4/c23-18-15-9-20-5-6-22(15)19(24)13-7-11(1-3-14(13)21-18)12-2-4-16-17(8-12)26-10-25-16/h1-4,7-8,15,20H,5-6,9-10H2,(H,21,23)/p+1/t15-/m1/s1. The number of anilines is 1. The molecule has 1 saturated heterocycles. The number of nitrogens with one attached hydrogen (secondary N) is 1. The van der Waals surface area contributed by atoms with Gasteiger partial charge >= 0.3 is 0 Å². The molecule has 26 heavy (non-hydrogen) atoms. The average Bonchev–Trinajstić information content (AvgIpc) is 3.11. The second-order valence-electron chi connectivity index (χ2n) is 6.65. The third kappa shape index (κ3) is 2.32. The first-order valence-corrected chi connectivity index (χ1v) is 8.68. The largest absolute Gasteiger partial charge is 0.454 e. The molecule has 0 aliphatic carbocycles. The number of ether oxygens (including phenoxy) is 2. The van der Waals surface area contributed by atoms with Crippen LogP contribution in [0.5, 0.6) is 11.5 Å². The number of nitrogens with zero attached hydrogens (tertiary/aromatic N) is 1. The van der Waals surface area contributed by atoms with E-state index in [0.29, 0.717) is 30.1 Å². The Kier molecular flexibility index (Phi) is 3.36. The van der Waals surface area contributed by atoms with E-state index in [1.54, 1.807) is 11.0 Å². The molecular weight excluding hydrogens is 334 g/mol. The smallest absolute Gasteiger partial charge is 0.257 e. The summed E-state index contributed by atoms with van der Waals surface area (Å²) in [5, 5.41) is 4.98. The van der Waals surface area contributed by atoms with E-state index >= 15 is 0 Å². The number of carbonyl (C=O) groups excluding carboxylic acids is 2. The van der Waals surface area contributed by atoms with Crippen molar-refractivity contribution in [1.29, 1.82) is 0 Å². The Morgan fingerprint density at radius 1 is 1.04 bits per heavy atom. The van der Waals surface area contributed by atoms with E-state index in [2.05, 4.69) is 10.6 Å². The summed E-state index contributed by atoms with van der Waals surface area (Å²) in [6.07, 6.45) is 0. The van der Waals surface area contributed by atoms with Crippen LogP contribution in [0.2, 0.25) is 0 Å². The molecule has 3 aliphatic heterocycles. The predicted molar refractivity (Wildman–Crippen MR) is 93.1 cm³/mol. The molecule has 132 valence electrons. The van der Waals surface area contributed by atoms with Gasteiger partial charge in [-0.2, -0.15) is 0 Å². The molecule has 1 atom stereocenters. The summed E-state index contributed by atoms with van der Waals surface area (Å²) in [6, 6.07) is 10.8. The normalized spacial score (nSPS) is 20.9. The van der Waals surface area contributed by atoms with Crippen molar-refractivity contribution in [3.05, 3.63) is 42.0 Å². The highest BCUT2D eigenvalue weighted by molar-refractivity contribution is 6.10. The minimum Gasteiger partial charge on any atom is -0.454 e. The molecular formula is C19H18N3O4+. The number of benzene rings is 2. The summed E-state index contributed by atoms with van der Waals surface area (Å²) in [5.41, 5.74) is 2.92. The first kappa shape index (κ1) is 15.2. The van der Waals surface area contributed by atoms with E-state index in [0.717, 1.165) is 23.4 Å². The number of amides is 2. The van der Waals surface area contributed by atoms with Gasteiger partial charge in [-0.3, -0.25) is 9.59 Å². The van der Waals surface area contributed by atoms with Gasteiger partial charge in [0.2, 0.25) is 6.79 Å². The van der Waals surface area contributed by atoms with E-state index in [-0.39, 0.29) is 18.6 Å². The zero-order valence-corrected chi connectivity index (χ0v) is 14.0. The molecule has 2 amide bonds. The summed E-state index contributed by atoms with van der Waals surface area (Å²) in [6.45, 7) is 2.21. The van der Waals surface area contributed by atoms with Crippen molar-refractivity contribution >= 4 is 17.5 Å². The van der Waals surface area contributed by atoms with Crippen molar-refractivity contribution in [2.75, 3.05) is 31.7 Å². The summed E-state index contributed by atoms with van der Waals surface area (Å²) in [7, 11) is 0. The second-order valence-corrected chi connectivity index (χ2v) is 6.65. The Morgan fingerprint density at radius 2 is 1.85 bits per heavy atom. The highest BCUT2D eigenvalue weighted by atomic mass is 16.7. The highest BCUT2D eigenvalue weighted by Crippen LogP contribution is 2.37. The molecule has 0 radical (unpaired) electrons. The fourth-order valence-electron chi connectivity index (χ4n) is 3.74. The van der Waals surface area contributed by atoms with Crippen LogP contribution in [-0.2, 0) is 4.79 Å². The fraction of sp³-hybridized carbons (Fsp3) is 0.263. The van der Waals surface area contributed by atoms with Gasteiger partial charge in [-0.05, 0) is 35.4 Å². The first-order valence-electron chi connectivity index (χ1n) is 8.68. The monoisotopic (exact) mass is 352 g/mol. The zero-order valence-electron chi connectivity index (χ0n) is 14.0. The lowest BCUT2D eigenvalue weighted by Crippen LogP contribution is -2.92. The van der Waals surface area contributed by atoms with Gasteiger partial charge in [-0.15, -0.1) is 0 Å². The average molecular weight is 352 g/mol. The Bertz CT molecular complexity index is 927. The number of quaternary nitrogens is 1. The number of hydrogen-bond acceptors (Lipinski definition) is 4. The summed E-state index contributed by atoms with van der Waals surface area (Å²) < 4.78 is 10.8. The lowest BCUT2D eigenvalue weighted by Gasteiger charge is -2.30. The van der Waals surface area contributed by atoms with Crippen molar-refractivity contribution in [2.24, 2.45) is 0 Å². The second kappa shape index (κ2) is 5.74. The van der Waals surface area contributed by atoms with Crippen molar-refractivity contribution in [3.63, 3.8) is 0 Å². The maximum Gasteiger partial charge on any atom is 0.257 e. The van der Waals surface area contributed by atoms with Gasteiger partial charge in [-0.25, -0.2) is 0 Å². The van der Waals surface area contributed by atoms with Gasteiger partial charge in [0.1, 0.15) is 6.54 Å². The van der Waals surface area contributed by atoms with Gasteiger partial charge in [0, 0.05) is 0 Å². The van der Waals surface area contributed by atoms with Gasteiger partial charge in [0.05, 0.1) is 24.3 Å². The lowest BCUT2D eigenvalue weighted by molar-refractivity contribution is -0.665. The summed E-state index contributed by atoms with van der Waals surface area (Å²) in [5.74, 6) is 1.20. The molecule has 0 spiro atoms. The maximum absolute atomic E-state index is 13.1. The SMILES string of the molecule is O=C1Nc2ccc(-c3ccc4c(c3)OCO4)cc2C(=O)N2CC[NH2+]C[C@H]12. The quantitative estimate of drug-likeness (QED) is 0.779. The van der Waals surface area contributed by atoms with Gasteiger partial charge in [0.25, 0.3) is 11.8 Å². The summed E-state index contributed by atoms with van der Waals surface area (Å²) >= 11 is 0. The molecule has 5 rings (SSSR count). The van der Waals surface area contributed by atoms with Crippen molar-refractivity contribution < 1.29 is 24.4 Å².